The van der Waals surface area contributed by atoms with E-state index in [1.54, 1.807) is 13.2 Å². The number of rotatable bonds is 3. The lowest BCUT2D eigenvalue weighted by atomic mass is 10.2. The zero-order valence-corrected chi connectivity index (χ0v) is 11.6. The predicted octanol–water partition coefficient (Wildman–Crippen LogP) is 2.72. The minimum atomic E-state index is 0.403. The van der Waals surface area contributed by atoms with E-state index in [4.69, 9.17) is 22.1 Å². The summed E-state index contributed by atoms with van der Waals surface area (Å²) in [5.74, 6) is 0.929. The molecule has 0 atom stereocenters. The van der Waals surface area contributed by atoms with Crippen LogP contribution in [0, 0.1) is 0 Å². The third kappa shape index (κ3) is 2.16. The molecule has 102 valence electrons. The lowest BCUT2D eigenvalue weighted by Crippen LogP contribution is -2.06. The largest absolute Gasteiger partial charge is 0.481 e. The fourth-order valence-corrected chi connectivity index (χ4v) is 2.26. The Kier molecular flexibility index (Phi) is 3.20. The van der Waals surface area contributed by atoms with Crippen molar-refractivity contribution >= 4 is 28.7 Å². The van der Waals surface area contributed by atoms with Crippen LogP contribution >= 0.6 is 11.6 Å². The van der Waals surface area contributed by atoms with E-state index in [0.29, 0.717) is 29.0 Å². The summed E-state index contributed by atoms with van der Waals surface area (Å²) in [7, 11) is 1.58. The first-order chi connectivity index (χ1) is 9.69. The fraction of sp³-hybridized carbons (Fsp3) is 0.143. The van der Waals surface area contributed by atoms with Crippen LogP contribution in [-0.2, 0) is 6.54 Å². The summed E-state index contributed by atoms with van der Waals surface area (Å²) >= 11 is 6.18. The molecule has 0 saturated heterocycles. The summed E-state index contributed by atoms with van der Waals surface area (Å²) in [4.78, 5) is 8.69. The number of hydrogen-bond acceptors (Lipinski definition) is 4. The van der Waals surface area contributed by atoms with Gasteiger partial charge in [-0.05, 0) is 17.7 Å². The second-order valence-corrected chi connectivity index (χ2v) is 4.75. The molecule has 5 nitrogen and oxygen atoms in total. The molecule has 0 bridgehead atoms. The molecule has 20 heavy (non-hydrogen) atoms. The van der Waals surface area contributed by atoms with Crippen LogP contribution in [0.1, 0.15) is 5.56 Å². The number of fused-ring (bicyclic) bond motifs is 1. The maximum Gasteiger partial charge on any atom is 0.215 e. The second-order valence-electron chi connectivity index (χ2n) is 4.34. The summed E-state index contributed by atoms with van der Waals surface area (Å²) in [5.41, 5.74) is 8.35. The van der Waals surface area contributed by atoms with Gasteiger partial charge in [0.25, 0.3) is 0 Å². The van der Waals surface area contributed by atoms with Crippen molar-refractivity contribution in [3.05, 3.63) is 47.0 Å². The number of hydrogen-bond donors (Lipinski definition) is 1. The number of benzene rings is 1. The number of halogens is 1. The number of aromatic nitrogens is 3. The van der Waals surface area contributed by atoms with Gasteiger partial charge in [-0.25, -0.2) is 4.98 Å². The minimum absolute atomic E-state index is 0.403. The number of ether oxygens (including phenoxy) is 1. The highest BCUT2D eigenvalue weighted by Gasteiger charge is 2.12. The van der Waals surface area contributed by atoms with Crippen molar-refractivity contribution < 1.29 is 4.74 Å². The summed E-state index contributed by atoms with van der Waals surface area (Å²) in [6, 6.07) is 11.2. The Hall–Kier alpha value is -2.27. The topological polar surface area (TPSA) is 66.0 Å². The Morgan fingerprint density at radius 3 is 2.75 bits per heavy atom. The van der Waals surface area contributed by atoms with Gasteiger partial charge in [0.1, 0.15) is 5.52 Å². The molecule has 6 heteroatoms. The first-order valence-electron chi connectivity index (χ1n) is 6.09. The van der Waals surface area contributed by atoms with Crippen molar-refractivity contribution in [3.8, 4) is 5.88 Å². The molecule has 3 aromatic rings. The van der Waals surface area contributed by atoms with Gasteiger partial charge in [-0.15, -0.1) is 0 Å². The van der Waals surface area contributed by atoms with Crippen molar-refractivity contribution in [2.75, 3.05) is 12.8 Å². The maximum atomic E-state index is 6.18. The third-order valence-electron chi connectivity index (χ3n) is 3.09. The molecule has 0 aliphatic carbocycles. The summed E-state index contributed by atoms with van der Waals surface area (Å²) in [6.07, 6.45) is 0. The van der Waals surface area contributed by atoms with Crippen LogP contribution in [0.15, 0.2) is 36.4 Å². The Bertz CT molecular complexity index is 769. The number of methoxy groups -OCH3 is 1. The van der Waals surface area contributed by atoms with Crippen LogP contribution in [0.5, 0.6) is 5.88 Å². The summed E-state index contributed by atoms with van der Waals surface area (Å²) in [5, 5.41) is 0.691. The van der Waals surface area contributed by atoms with Crippen molar-refractivity contribution in [3.63, 3.8) is 0 Å². The molecule has 3 rings (SSSR count). The van der Waals surface area contributed by atoms with E-state index in [1.807, 2.05) is 34.9 Å². The Morgan fingerprint density at radius 1 is 1.20 bits per heavy atom. The average molecular weight is 289 g/mol. The van der Waals surface area contributed by atoms with Crippen LogP contribution in [0.25, 0.3) is 11.2 Å². The van der Waals surface area contributed by atoms with E-state index >= 15 is 0 Å². The van der Waals surface area contributed by atoms with E-state index in [9.17, 15) is 0 Å². The normalized spacial score (nSPS) is 10.9. The number of nitrogens with zero attached hydrogens (tertiary/aromatic N) is 3. The highest BCUT2D eigenvalue weighted by Crippen LogP contribution is 2.23. The Balaban J connectivity index is 2.11. The standard InChI is InChI=1S/C14H13ClN4O/c1-20-12-7-6-11-13(18-12)19(14(16)17-11)8-9-4-2-3-5-10(9)15/h2-7H,8H2,1H3,(H2,16,17). The molecule has 0 aliphatic heterocycles. The fourth-order valence-electron chi connectivity index (χ4n) is 2.07. The molecule has 0 aliphatic rings. The number of pyridine rings is 1. The zero-order valence-electron chi connectivity index (χ0n) is 10.9. The van der Waals surface area contributed by atoms with Crippen molar-refractivity contribution in [1.82, 2.24) is 14.5 Å². The van der Waals surface area contributed by atoms with Crippen LogP contribution in [0.3, 0.4) is 0 Å². The van der Waals surface area contributed by atoms with Crippen LogP contribution in [0.2, 0.25) is 5.02 Å². The number of imidazole rings is 1. The van der Waals surface area contributed by atoms with Gasteiger partial charge < -0.3 is 10.5 Å². The number of anilines is 1. The molecule has 2 N–H and O–H groups in total. The van der Waals surface area contributed by atoms with Crippen LogP contribution in [0.4, 0.5) is 5.95 Å². The van der Waals surface area contributed by atoms with Crippen molar-refractivity contribution in [2.45, 2.75) is 6.54 Å². The van der Waals surface area contributed by atoms with Crippen molar-refractivity contribution in [1.29, 1.82) is 0 Å². The van der Waals surface area contributed by atoms with Gasteiger partial charge in [0, 0.05) is 11.1 Å². The zero-order chi connectivity index (χ0) is 14.1. The molecule has 0 fully saturated rings. The Labute approximate surface area is 121 Å². The maximum absolute atomic E-state index is 6.18. The number of nitrogens with two attached hydrogens (primary N) is 1. The first kappa shape index (κ1) is 12.7. The molecule has 2 heterocycles. The van der Waals surface area contributed by atoms with Crippen molar-refractivity contribution in [2.24, 2.45) is 0 Å². The molecule has 0 radical (unpaired) electrons. The smallest absolute Gasteiger partial charge is 0.215 e. The number of nitrogen functional groups attached to an aromatic ring is 1. The van der Waals surface area contributed by atoms with Gasteiger partial charge in [-0.2, -0.15) is 4.98 Å². The van der Waals surface area contributed by atoms with E-state index in [-0.39, 0.29) is 0 Å². The minimum Gasteiger partial charge on any atom is -0.481 e. The van der Waals surface area contributed by atoms with E-state index in [2.05, 4.69) is 9.97 Å². The van der Waals surface area contributed by atoms with Gasteiger partial charge in [-0.1, -0.05) is 29.8 Å². The highest BCUT2D eigenvalue weighted by molar-refractivity contribution is 6.31. The van der Waals surface area contributed by atoms with Gasteiger partial charge in [0.05, 0.1) is 13.7 Å². The molecule has 1 aromatic carbocycles. The summed E-state index contributed by atoms with van der Waals surface area (Å²) < 4.78 is 6.96. The third-order valence-corrected chi connectivity index (χ3v) is 3.46. The van der Waals surface area contributed by atoms with E-state index in [1.165, 1.54) is 0 Å². The van der Waals surface area contributed by atoms with Gasteiger partial charge in [0.15, 0.2) is 5.65 Å². The van der Waals surface area contributed by atoms with Gasteiger partial charge in [0.2, 0.25) is 11.8 Å². The van der Waals surface area contributed by atoms with E-state index < -0.39 is 0 Å². The molecule has 0 unspecified atom stereocenters. The van der Waals surface area contributed by atoms with Gasteiger partial charge >= 0.3 is 0 Å². The van der Waals surface area contributed by atoms with Gasteiger partial charge in [-0.3, -0.25) is 4.57 Å². The molecule has 0 saturated carbocycles. The molecule has 2 aromatic heterocycles. The summed E-state index contributed by atoms with van der Waals surface area (Å²) in [6.45, 7) is 0.516. The highest BCUT2D eigenvalue weighted by atomic mass is 35.5. The Morgan fingerprint density at radius 2 is 2.00 bits per heavy atom. The molecular formula is C14H13ClN4O. The van der Waals surface area contributed by atoms with Crippen LogP contribution < -0.4 is 10.5 Å². The lowest BCUT2D eigenvalue weighted by molar-refractivity contribution is 0.399. The molecule has 0 spiro atoms. The first-order valence-corrected chi connectivity index (χ1v) is 6.47. The quantitative estimate of drug-likeness (QED) is 0.805. The SMILES string of the molecule is COc1ccc2nc(N)n(Cc3ccccc3Cl)c2n1. The average Bonchev–Trinajstić information content (AvgIpc) is 2.77. The van der Waals surface area contributed by atoms with Crippen LogP contribution in [-0.4, -0.2) is 21.6 Å². The lowest BCUT2D eigenvalue weighted by Gasteiger charge is -2.08. The second kappa shape index (κ2) is 5.02. The molecule has 0 amide bonds. The monoisotopic (exact) mass is 288 g/mol. The molecular weight excluding hydrogens is 276 g/mol. The van der Waals surface area contributed by atoms with E-state index in [0.717, 1.165) is 11.1 Å². The predicted molar refractivity (Wildman–Crippen MR) is 79.0 cm³/mol.